The summed E-state index contributed by atoms with van der Waals surface area (Å²) in [5.41, 5.74) is 9.98. The smallest absolute Gasteiger partial charge is 0.106 e. The van der Waals surface area contributed by atoms with Gasteiger partial charge in [-0.25, -0.2) is 5.01 Å². The standard InChI is InChI=1S/C25H39N3O.CH2O/c1-6-27(19-24(29)16-15-23-14-9-8-11-20(23)3)17-18-28(7-2)26-25-21(4)12-10-13-22(25)5;1-2/h8-14,24,26,29H,6-7,15-19H2,1-5H3;1H2. The predicted molar refractivity (Wildman–Crippen MR) is 132 cm³/mol. The van der Waals surface area contributed by atoms with Crippen molar-refractivity contribution in [3.05, 3.63) is 64.7 Å². The van der Waals surface area contributed by atoms with Gasteiger partial charge in [0.05, 0.1) is 11.8 Å². The van der Waals surface area contributed by atoms with Crippen LogP contribution in [0.3, 0.4) is 0 Å². The summed E-state index contributed by atoms with van der Waals surface area (Å²) in [7, 11) is 0. The highest BCUT2D eigenvalue weighted by Crippen LogP contribution is 2.20. The molecule has 0 saturated carbocycles. The van der Waals surface area contributed by atoms with Gasteiger partial charge >= 0.3 is 0 Å². The number of likely N-dealkylation sites (N-methyl/N-ethyl adjacent to an activating group) is 2. The van der Waals surface area contributed by atoms with Gasteiger partial charge < -0.3 is 15.3 Å². The minimum absolute atomic E-state index is 0.295. The van der Waals surface area contributed by atoms with Crippen LogP contribution in [-0.4, -0.2) is 60.6 Å². The molecule has 0 aromatic heterocycles. The van der Waals surface area contributed by atoms with Crippen molar-refractivity contribution in [2.75, 3.05) is 38.1 Å². The summed E-state index contributed by atoms with van der Waals surface area (Å²) < 4.78 is 0. The fraction of sp³-hybridized carbons (Fsp3) is 0.500. The van der Waals surface area contributed by atoms with Gasteiger partial charge in [-0.2, -0.15) is 0 Å². The molecule has 0 aliphatic heterocycles. The van der Waals surface area contributed by atoms with E-state index >= 15 is 0 Å². The lowest BCUT2D eigenvalue weighted by molar-refractivity contribution is -0.0979. The molecule has 2 rings (SSSR count). The summed E-state index contributed by atoms with van der Waals surface area (Å²) in [6.45, 7) is 17.2. The van der Waals surface area contributed by atoms with Crippen molar-refractivity contribution in [2.24, 2.45) is 0 Å². The molecule has 0 aliphatic rings. The number of hydrogen-bond acceptors (Lipinski definition) is 5. The molecule has 2 aromatic rings. The maximum atomic E-state index is 10.6. The van der Waals surface area contributed by atoms with E-state index in [4.69, 9.17) is 4.79 Å². The second-order valence-corrected chi connectivity index (χ2v) is 7.97. The SMILES string of the molecule is C=O.CCN(CCN(CC)Nc1c(C)cccc1C)CC(O)CCc1ccccc1C. The van der Waals surface area contributed by atoms with Gasteiger partial charge in [0.2, 0.25) is 0 Å². The number of rotatable bonds is 12. The monoisotopic (exact) mass is 427 g/mol. The van der Waals surface area contributed by atoms with E-state index in [0.717, 1.165) is 45.6 Å². The van der Waals surface area contributed by atoms with Crippen molar-refractivity contribution >= 4 is 12.5 Å². The molecule has 0 aliphatic carbocycles. The molecule has 172 valence electrons. The molecule has 5 nitrogen and oxygen atoms in total. The summed E-state index contributed by atoms with van der Waals surface area (Å²) in [5.74, 6) is 0. The van der Waals surface area contributed by atoms with Gasteiger partial charge in [0, 0.05) is 26.2 Å². The first-order valence-electron chi connectivity index (χ1n) is 11.3. The van der Waals surface area contributed by atoms with Crippen molar-refractivity contribution in [2.45, 2.75) is 53.6 Å². The third kappa shape index (κ3) is 9.21. The summed E-state index contributed by atoms with van der Waals surface area (Å²) >= 11 is 0. The Labute approximate surface area is 189 Å². The zero-order valence-electron chi connectivity index (χ0n) is 20.0. The quantitative estimate of drug-likeness (QED) is 0.492. The summed E-state index contributed by atoms with van der Waals surface area (Å²) in [6.07, 6.45) is 1.44. The Hall–Kier alpha value is -2.21. The molecule has 1 atom stereocenters. The zero-order chi connectivity index (χ0) is 23.2. The van der Waals surface area contributed by atoms with E-state index < -0.39 is 0 Å². The molecule has 0 heterocycles. The van der Waals surface area contributed by atoms with Gasteiger partial charge in [0.1, 0.15) is 6.79 Å². The van der Waals surface area contributed by atoms with E-state index in [1.165, 1.54) is 27.9 Å². The fourth-order valence-corrected chi connectivity index (χ4v) is 3.68. The third-order valence-electron chi connectivity index (χ3n) is 5.74. The molecule has 0 saturated heterocycles. The average molecular weight is 428 g/mol. The van der Waals surface area contributed by atoms with Gasteiger partial charge in [-0.15, -0.1) is 0 Å². The van der Waals surface area contributed by atoms with Crippen molar-refractivity contribution in [3.63, 3.8) is 0 Å². The molecule has 0 spiro atoms. The van der Waals surface area contributed by atoms with Gasteiger partial charge in [-0.1, -0.05) is 56.3 Å². The first-order valence-corrected chi connectivity index (χ1v) is 11.3. The first-order chi connectivity index (χ1) is 14.9. The Bertz CT molecular complexity index is 746. The van der Waals surface area contributed by atoms with Crippen LogP contribution in [0, 0.1) is 20.8 Å². The molecule has 2 N–H and O–H groups in total. The molecule has 1 unspecified atom stereocenters. The van der Waals surface area contributed by atoms with E-state index in [1.54, 1.807) is 0 Å². The number of benzene rings is 2. The number of hydrazine groups is 1. The van der Waals surface area contributed by atoms with Crippen molar-refractivity contribution in [1.29, 1.82) is 0 Å². The number of nitrogens with one attached hydrogen (secondary N) is 1. The molecular formula is C26H41N3O2. The van der Waals surface area contributed by atoms with Crippen LogP contribution in [-0.2, 0) is 11.2 Å². The first kappa shape index (κ1) is 26.8. The molecule has 0 fully saturated rings. The molecular weight excluding hydrogens is 386 g/mol. The lowest BCUT2D eigenvalue weighted by Gasteiger charge is -2.29. The van der Waals surface area contributed by atoms with Gasteiger partial charge in [0.15, 0.2) is 0 Å². The van der Waals surface area contributed by atoms with Crippen LogP contribution in [0.1, 0.15) is 42.5 Å². The minimum Gasteiger partial charge on any atom is -0.392 e. The molecule has 5 heteroatoms. The number of carbonyl (C=O) groups excluding carboxylic acids is 1. The number of hydrogen-bond donors (Lipinski definition) is 2. The van der Waals surface area contributed by atoms with E-state index in [1.807, 2.05) is 6.79 Å². The van der Waals surface area contributed by atoms with E-state index in [0.29, 0.717) is 0 Å². The molecule has 0 radical (unpaired) electrons. The maximum absolute atomic E-state index is 10.6. The highest BCUT2D eigenvalue weighted by Gasteiger charge is 2.13. The number of anilines is 1. The van der Waals surface area contributed by atoms with Crippen molar-refractivity contribution in [1.82, 2.24) is 9.91 Å². The summed E-state index contributed by atoms with van der Waals surface area (Å²) in [5, 5.41) is 12.8. The van der Waals surface area contributed by atoms with Crippen LogP contribution in [0.15, 0.2) is 42.5 Å². The largest absolute Gasteiger partial charge is 0.392 e. The highest BCUT2D eigenvalue weighted by molar-refractivity contribution is 5.55. The fourth-order valence-electron chi connectivity index (χ4n) is 3.68. The molecule has 0 bridgehead atoms. The van der Waals surface area contributed by atoms with Crippen LogP contribution in [0.25, 0.3) is 0 Å². The predicted octanol–water partition coefficient (Wildman–Crippen LogP) is 4.39. The molecule has 31 heavy (non-hydrogen) atoms. The normalized spacial score (nSPS) is 11.9. The van der Waals surface area contributed by atoms with Crippen molar-refractivity contribution in [3.8, 4) is 0 Å². The molecule has 2 aromatic carbocycles. The van der Waals surface area contributed by atoms with Gasteiger partial charge in [-0.05, 0) is 62.4 Å². The van der Waals surface area contributed by atoms with Gasteiger partial charge in [0.25, 0.3) is 0 Å². The Morgan fingerprint density at radius 2 is 1.52 bits per heavy atom. The Morgan fingerprint density at radius 3 is 2.10 bits per heavy atom. The Balaban J connectivity index is 0.00000233. The van der Waals surface area contributed by atoms with E-state index in [2.05, 4.69) is 92.4 Å². The van der Waals surface area contributed by atoms with Crippen LogP contribution in [0.4, 0.5) is 5.69 Å². The van der Waals surface area contributed by atoms with E-state index in [9.17, 15) is 5.11 Å². The Morgan fingerprint density at radius 1 is 0.903 bits per heavy atom. The van der Waals surface area contributed by atoms with E-state index in [-0.39, 0.29) is 6.10 Å². The van der Waals surface area contributed by atoms with Crippen molar-refractivity contribution < 1.29 is 9.90 Å². The number of aliphatic hydroxyl groups is 1. The van der Waals surface area contributed by atoms with Crippen LogP contribution < -0.4 is 5.43 Å². The average Bonchev–Trinajstić information content (AvgIpc) is 2.78. The minimum atomic E-state index is -0.295. The lowest BCUT2D eigenvalue weighted by Crippen LogP contribution is -2.41. The molecule has 0 amide bonds. The maximum Gasteiger partial charge on any atom is 0.106 e. The number of carbonyl (C=O) groups is 1. The number of para-hydroxylation sites is 1. The second kappa shape index (κ2) is 14.7. The topological polar surface area (TPSA) is 55.8 Å². The highest BCUT2D eigenvalue weighted by atomic mass is 16.3. The van der Waals surface area contributed by atoms with Crippen LogP contribution in [0.2, 0.25) is 0 Å². The number of aryl methyl sites for hydroxylation is 4. The summed E-state index contributed by atoms with van der Waals surface area (Å²) in [6, 6.07) is 14.8. The Kier molecular flexibility index (Phi) is 12.8. The van der Waals surface area contributed by atoms with Gasteiger partial charge in [-0.3, -0.25) is 4.90 Å². The van der Waals surface area contributed by atoms with Crippen LogP contribution >= 0.6 is 0 Å². The lowest BCUT2D eigenvalue weighted by atomic mass is 10.0. The number of nitrogens with zero attached hydrogens (tertiary/aromatic N) is 2. The summed E-state index contributed by atoms with van der Waals surface area (Å²) in [4.78, 5) is 10.3. The third-order valence-corrected chi connectivity index (χ3v) is 5.74. The zero-order valence-corrected chi connectivity index (χ0v) is 20.0. The number of aliphatic hydroxyl groups excluding tert-OH is 1. The second-order valence-electron chi connectivity index (χ2n) is 7.97. The van der Waals surface area contributed by atoms with Crippen LogP contribution in [0.5, 0.6) is 0 Å².